The van der Waals surface area contributed by atoms with Crippen LogP contribution < -0.4 is 14.2 Å². The van der Waals surface area contributed by atoms with Crippen molar-refractivity contribution in [2.45, 2.75) is 11.3 Å². The molecule has 184 valence electrons. The minimum Gasteiger partial charge on any atom is -0.494 e. The number of esters is 1. The second-order valence-corrected chi connectivity index (χ2v) is 9.44. The number of carbonyl (C=O) groups is 1. The van der Waals surface area contributed by atoms with E-state index < -0.39 is 44.0 Å². The smallest absolute Gasteiger partial charge is 0.338 e. The first-order valence-electron chi connectivity index (χ1n) is 10.1. The molecule has 0 fully saturated rings. The quantitative estimate of drug-likeness (QED) is 0.439. The summed E-state index contributed by atoms with van der Waals surface area (Å²) in [4.78, 5) is 11.9. The molecular weight excluding hydrogens is 511 g/mol. The number of rotatable bonds is 1. The maximum atomic E-state index is 14.8. The molecule has 0 aromatic heterocycles. The molecule has 0 spiro atoms. The van der Waals surface area contributed by atoms with E-state index in [1.165, 1.54) is 6.07 Å². The van der Waals surface area contributed by atoms with Crippen molar-refractivity contribution >= 4 is 33.3 Å². The van der Waals surface area contributed by atoms with Crippen molar-refractivity contribution in [3.05, 3.63) is 70.5 Å². The lowest BCUT2D eigenvalue weighted by atomic mass is 10.0. The van der Waals surface area contributed by atoms with E-state index in [4.69, 9.17) is 25.8 Å². The van der Waals surface area contributed by atoms with Gasteiger partial charge in [0.2, 0.25) is 0 Å². The maximum absolute atomic E-state index is 14.8. The average molecular weight is 528 g/mol. The topological polar surface area (TPSA) is 90.9 Å². The number of halogens is 4. The van der Waals surface area contributed by atoms with Crippen molar-refractivity contribution in [2.24, 2.45) is 0 Å². The van der Waals surface area contributed by atoms with Gasteiger partial charge >= 0.3 is 5.97 Å². The Morgan fingerprint density at radius 1 is 0.971 bits per heavy atom. The third kappa shape index (κ3) is 5.01. The van der Waals surface area contributed by atoms with E-state index >= 15 is 0 Å². The lowest BCUT2D eigenvalue weighted by molar-refractivity contribution is 0.0485. The van der Waals surface area contributed by atoms with E-state index in [0.29, 0.717) is 6.07 Å². The monoisotopic (exact) mass is 527 g/mol. The van der Waals surface area contributed by atoms with Gasteiger partial charge in [-0.05, 0) is 30.3 Å². The van der Waals surface area contributed by atoms with Crippen LogP contribution in [0.3, 0.4) is 0 Å². The predicted octanol–water partition coefficient (Wildman–Crippen LogP) is 5.17. The molecule has 1 aliphatic heterocycles. The summed E-state index contributed by atoms with van der Waals surface area (Å²) in [7, 11) is -3.45. The summed E-state index contributed by atoms with van der Waals surface area (Å²) in [5, 5.41) is -0.206. The fraction of sp³-hybridized carbons (Fsp3) is 0.174. The number of cyclic esters (lactones) is 1. The van der Waals surface area contributed by atoms with Gasteiger partial charge in [0.1, 0.15) is 28.1 Å². The molecule has 7 nitrogen and oxygen atoms in total. The van der Waals surface area contributed by atoms with E-state index in [1.54, 1.807) is 0 Å². The third-order valence-corrected chi connectivity index (χ3v) is 6.70. The minimum absolute atomic E-state index is 0.0271. The Kier molecular flexibility index (Phi) is 6.82. The van der Waals surface area contributed by atoms with Crippen LogP contribution in [0.4, 0.5) is 18.9 Å². The number of ether oxygens (including phenoxy) is 3. The van der Waals surface area contributed by atoms with Crippen LogP contribution in [0.5, 0.6) is 11.5 Å². The summed E-state index contributed by atoms with van der Waals surface area (Å²) in [5.41, 5.74) is -1.00. The molecule has 0 unspecified atom stereocenters. The Labute approximate surface area is 203 Å². The Morgan fingerprint density at radius 3 is 2.46 bits per heavy atom. The normalized spacial score (nSPS) is 15.3. The van der Waals surface area contributed by atoms with Gasteiger partial charge < -0.3 is 14.2 Å². The minimum atomic E-state index is -4.61. The molecule has 1 aliphatic rings. The number of hydrogen-bond acceptors (Lipinski definition) is 6. The lowest BCUT2D eigenvalue weighted by Crippen LogP contribution is -2.17. The molecule has 0 radical (unpaired) electrons. The number of carbonyl (C=O) groups excluding carboxylic acids is 1. The van der Waals surface area contributed by atoms with Gasteiger partial charge in [-0.25, -0.2) is 26.4 Å². The second kappa shape index (κ2) is 9.67. The number of methoxy groups -OCH3 is 1. The number of hydrogen-bond donors (Lipinski definition) is 1. The van der Waals surface area contributed by atoms with Gasteiger partial charge in [0.25, 0.3) is 10.0 Å². The SMILES string of the molecule is COc1c(Cl)cc2cc1S(=O)(=O)Nc1cc(c(F)cc1F)-c1ccc(F)cc1OCCCOC2=O. The lowest BCUT2D eigenvalue weighted by Gasteiger charge is -2.17. The van der Waals surface area contributed by atoms with Gasteiger partial charge in [0.05, 0.1) is 36.6 Å². The third-order valence-electron chi connectivity index (χ3n) is 5.05. The molecule has 0 atom stereocenters. The van der Waals surface area contributed by atoms with Gasteiger partial charge in [-0.2, -0.15) is 0 Å². The van der Waals surface area contributed by atoms with E-state index in [-0.39, 0.29) is 52.8 Å². The van der Waals surface area contributed by atoms with E-state index in [1.807, 2.05) is 4.72 Å². The molecule has 1 N–H and O–H groups in total. The van der Waals surface area contributed by atoms with Crippen LogP contribution in [0.1, 0.15) is 16.8 Å². The van der Waals surface area contributed by atoms with Crippen LogP contribution in [-0.2, 0) is 14.8 Å². The summed E-state index contributed by atoms with van der Waals surface area (Å²) >= 11 is 6.13. The zero-order chi connectivity index (χ0) is 25.3. The van der Waals surface area contributed by atoms with Crippen molar-refractivity contribution in [1.29, 1.82) is 0 Å². The first-order chi connectivity index (χ1) is 16.6. The second-order valence-electron chi connectivity index (χ2n) is 7.39. The van der Waals surface area contributed by atoms with Crippen LogP contribution in [0, 0.1) is 17.5 Å². The standard InChI is InChI=1S/C23H17ClF3NO6S/c1-32-22-16(24)7-12-8-21(22)35(30,31)28-19-10-15(17(26)11-18(19)27)14-4-3-13(25)9-20(14)33-5-2-6-34-23(12)29/h3-4,7-11,28H,2,5-6H2,1H3. The summed E-state index contributed by atoms with van der Waals surface area (Å²) in [6, 6.07) is 6.81. The average Bonchev–Trinajstić information content (AvgIpc) is 2.79. The van der Waals surface area contributed by atoms with Crippen LogP contribution in [0.25, 0.3) is 11.1 Å². The van der Waals surface area contributed by atoms with Crippen molar-refractivity contribution in [3.63, 3.8) is 0 Å². The Bertz CT molecular complexity index is 1430. The zero-order valence-corrected chi connectivity index (χ0v) is 19.6. The van der Waals surface area contributed by atoms with Gasteiger partial charge in [-0.15, -0.1) is 0 Å². The number of fused-ring (bicyclic) bond motifs is 6. The highest BCUT2D eigenvalue weighted by Gasteiger charge is 2.27. The molecule has 0 saturated heterocycles. The van der Waals surface area contributed by atoms with Gasteiger partial charge in [0.15, 0.2) is 5.75 Å². The van der Waals surface area contributed by atoms with E-state index in [9.17, 15) is 26.4 Å². The van der Waals surface area contributed by atoms with Crippen LogP contribution in [0.15, 0.2) is 47.4 Å². The van der Waals surface area contributed by atoms with Gasteiger partial charge in [-0.3, -0.25) is 4.72 Å². The fourth-order valence-corrected chi connectivity index (χ4v) is 5.07. The van der Waals surface area contributed by atoms with Crippen LogP contribution in [0.2, 0.25) is 5.02 Å². The van der Waals surface area contributed by atoms with Crippen LogP contribution >= 0.6 is 11.6 Å². The molecule has 0 amide bonds. The molecule has 0 saturated carbocycles. The molecule has 4 bridgehead atoms. The molecule has 3 aromatic carbocycles. The first kappa shape index (κ1) is 24.7. The predicted molar refractivity (Wildman–Crippen MR) is 121 cm³/mol. The largest absolute Gasteiger partial charge is 0.494 e. The maximum Gasteiger partial charge on any atom is 0.338 e. The number of benzene rings is 3. The molecule has 4 rings (SSSR count). The molecule has 35 heavy (non-hydrogen) atoms. The summed E-state index contributed by atoms with van der Waals surface area (Å²) < 4.78 is 87.5. The van der Waals surface area contributed by atoms with Crippen molar-refractivity contribution in [3.8, 4) is 22.6 Å². The summed E-state index contributed by atoms with van der Waals surface area (Å²) in [6.45, 7) is -0.150. The van der Waals surface area contributed by atoms with Gasteiger partial charge in [0, 0.05) is 29.7 Å². The summed E-state index contributed by atoms with van der Waals surface area (Å²) in [5.74, 6) is -4.16. The van der Waals surface area contributed by atoms with E-state index in [2.05, 4.69) is 0 Å². The molecule has 12 heteroatoms. The number of anilines is 1. The Hall–Kier alpha value is -3.44. The summed E-state index contributed by atoms with van der Waals surface area (Å²) in [6.07, 6.45) is 0.176. The zero-order valence-electron chi connectivity index (χ0n) is 18.0. The van der Waals surface area contributed by atoms with Crippen molar-refractivity contribution in [2.75, 3.05) is 25.0 Å². The number of nitrogens with one attached hydrogen (secondary N) is 1. The molecule has 1 heterocycles. The molecule has 3 aromatic rings. The Morgan fingerprint density at radius 2 is 1.71 bits per heavy atom. The van der Waals surface area contributed by atoms with Crippen LogP contribution in [-0.4, -0.2) is 34.7 Å². The number of sulfonamides is 1. The van der Waals surface area contributed by atoms with Crippen molar-refractivity contribution in [1.82, 2.24) is 0 Å². The first-order valence-corrected chi connectivity index (χ1v) is 12.0. The molecular formula is C23H17ClF3NO6S. The fourth-order valence-electron chi connectivity index (χ4n) is 3.44. The molecule has 0 aliphatic carbocycles. The highest BCUT2D eigenvalue weighted by Crippen LogP contribution is 2.38. The Balaban J connectivity index is 1.93. The van der Waals surface area contributed by atoms with Gasteiger partial charge in [-0.1, -0.05) is 11.6 Å². The highest BCUT2D eigenvalue weighted by atomic mass is 35.5. The van der Waals surface area contributed by atoms with Crippen molar-refractivity contribution < 1.29 is 40.6 Å². The van der Waals surface area contributed by atoms with E-state index in [0.717, 1.165) is 37.4 Å². The highest BCUT2D eigenvalue weighted by molar-refractivity contribution is 7.92.